The molecular weight excluding hydrogens is 370 g/mol. The normalized spacial score (nSPS) is 14.2. The van der Waals surface area contributed by atoms with Crippen LogP contribution in [0, 0.1) is 5.92 Å². The highest BCUT2D eigenvalue weighted by molar-refractivity contribution is 5.94. The van der Waals surface area contributed by atoms with Crippen molar-refractivity contribution in [3.05, 3.63) is 60.2 Å². The summed E-state index contributed by atoms with van der Waals surface area (Å²) in [4.78, 5) is 23.8. The van der Waals surface area contributed by atoms with Gasteiger partial charge in [-0.3, -0.25) is 14.8 Å². The molecule has 0 spiro atoms. The summed E-state index contributed by atoms with van der Waals surface area (Å²) in [5.41, 5.74) is 0.929. The van der Waals surface area contributed by atoms with Crippen LogP contribution in [0.5, 0.6) is 0 Å². The van der Waals surface area contributed by atoms with E-state index < -0.39 is 29.8 Å². The van der Waals surface area contributed by atoms with Gasteiger partial charge in [0.1, 0.15) is 5.60 Å². The van der Waals surface area contributed by atoms with Gasteiger partial charge in [0.05, 0.1) is 5.92 Å². The average Bonchev–Trinajstić information content (AvgIpc) is 2.71. The van der Waals surface area contributed by atoms with E-state index in [-0.39, 0.29) is 13.0 Å². The van der Waals surface area contributed by atoms with Gasteiger partial charge in [-0.05, 0) is 36.6 Å². The Morgan fingerprint density at radius 3 is 2.14 bits per heavy atom. The molecule has 0 fully saturated rings. The first-order chi connectivity index (χ1) is 13.3. The zero-order chi connectivity index (χ0) is 20.7. The van der Waals surface area contributed by atoms with Crippen LogP contribution in [-0.4, -0.2) is 40.7 Å². The quantitative estimate of drug-likeness (QED) is 0.410. The number of carbonyl (C=O) groups excluding carboxylic acids is 2. The van der Waals surface area contributed by atoms with E-state index in [1.54, 1.807) is 24.3 Å². The Bertz CT molecular complexity index is 796. The van der Waals surface area contributed by atoms with Crippen molar-refractivity contribution in [1.29, 1.82) is 0 Å². The Morgan fingerprint density at radius 1 is 1.04 bits per heavy atom. The zero-order valence-corrected chi connectivity index (χ0v) is 15.2. The minimum atomic E-state index is -3.20. The van der Waals surface area contributed by atoms with Gasteiger partial charge in [-0.1, -0.05) is 42.5 Å². The van der Waals surface area contributed by atoms with Gasteiger partial charge in [0.25, 0.3) is 12.3 Å². The molecule has 0 radical (unpaired) electrons. The molecule has 0 saturated carbocycles. The molecule has 0 bridgehead atoms. The van der Waals surface area contributed by atoms with E-state index in [0.29, 0.717) is 5.56 Å². The van der Waals surface area contributed by atoms with Crippen LogP contribution in [0.15, 0.2) is 54.6 Å². The lowest BCUT2D eigenvalue weighted by Gasteiger charge is -2.30. The summed E-state index contributed by atoms with van der Waals surface area (Å²) in [5, 5.41) is 21.1. The van der Waals surface area contributed by atoms with Crippen LogP contribution in [0.25, 0.3) is 11.1 Å². The smallest absolute Gasteiger partial charge is 0.267 e. The maximum Gasteiger partial charge on any atom is 0.267 e. The molecule has 0 aliphatic heterocycles. The number of hydrogen-bond acceptors (Lipinski definition) is 4. The zero-order valence-electron chi connectivity index (χ0n) is 15.2. The van der Waals surface area contributed by atoms with Crippen LogP contribution >= 0.6 is 0 Å². The number of hydroxylamine groups is 1. The second-order valence-electron chi connectivity index (χ2n) is 6.54. The van der Waals surface area contributed by atoms with Crippen molar-refractivity contribution in [3.63, 3.8) is 0 Å². The Balaban J connectivity index is 1.98. The summed E-state index contributed by atoms with van der Waals surface area (Å²) in [6, 6.07) is 16.4. The van der Waals surface area contributed by atoms with Gasteiger partial charge in [0.15, 0.2) is 0 Å². The maximum absolute atomic E-state index is 13.0. The van der Waals surface area contributed by atoms with Crippen molar-refractivity contribution < 1.29 is 28.7 Å². The molecule has 4 N–H and O–H groups in total. The molecule has 2 aromatic carbocycles. The lowest BCUT2D eigenvalue weighted by Crippen LogP contribution is -2.50. The summed E-state index contributed by atoms with van der Waals surface area (Å²) in [6.07, 6.45) is -3.48. The number of rotatable bonds is 8. The SMILES string of the molecule is CC(O)(C(F)F)C(CCNC(=O)c1ccc(-c2ccccc2)cc1)C(=O)NO. The predicted molar refractivity (Wildman–Crippen MR) is 98.9 cm³/mol. The second-order valence-corrected chi connectivity index (χ2v) is 6.54. The molecule has 0 heterocycles. The molecule has 8 heteroatoms. The fourth-order valence-corrected chi connectivity index (χ4v) is 2.80. The Kier molecular flexibility index (Phi) is 7.19. The number of benzene rings is 2. The van der Waals surface area contributed by atoms with Gasteiger partial charge in [-0.15, -0.1) is 0 Å². The molecule has 0 aliphatic carbocycles. The molecule has 2 amide bonds. The molecule has 28 heavy (non-hydrogen) atoms. The fraction of sp³-hybridized carbons (Fsp3) is 0.300. The van der Waals surface area contributed by atoms with E-state index in [9.17, 15) is 23.5 Å². The number of amides is 2. The van der Waals surface area contributed by atoms with E-state index >= 15 is 0 Å². The molecule has 2 aromatic rings. The van der Waals surface area contributed by atoms with E-state index in [1.807, 2.05) is 30.3 Å². The third-order valence-electron chi connectivity index (χ3n) is 4.55. The summed E-state index contributed by atoms with van der Waals surface area (Å²) in [5.74, 6) is -3.19. The van der Waals surface area contributed by atoms with Gasteiger partial charge in [0, 0.05) is 12.1 Å². The molecule has 0 saturated heterocycles. The standard InChI is InChI=1S/C20H22F2N2O4/c1-20(27,19(21)22)16(18(26)24-28)11-12-23-17(25)15-9-7-14(8-10-15)13-5-3-2-4-6-13/h2-10,16,19,27-28H,11-12H2,1H3,(H,23,25)(H,24,26). The highest BCUT2D eigenvalue weighted by Gasteiger charge is 2.44. The molecule has 2 atom stereocenters. The minimum Gasteiger partial charge on any atom is -0.383 e. The second kappa shape index (κ2) is 9.38. The van der Waals surface area contributed by atoms with Gasteiger partial charge < -0.3 is 10.4 Å². The Hall–Kier alpha value is -2.84. The number of alkyl halides is 2. The highest BCUT2D eigenvalue weighted by atomic mass is 19.3. The van der Waals surface area contributed by atoms with Crippen molar-refractivity contribution in [2.45, 2.75) is 25.4 Å². The fourth-order valence-electron chi connectivity index (χ4n) is 2.80. The minimum absolute atomic E-state index is 0.139. The largest absolute Gasteiger partial charge is 0.383 e. The topological polar surface area (TPSA) is 98.7 Å². The monoisotopic (exact) mass is 392 g/mol. The molecular formula is C20H22F2N2O4. The Labute approximate surface area is 161 Å². The first-order valence-corrected chi connectivity index (χ1v) is 8.65. The van der Waals surface area contributed by atoms with Gasteiger partial charge >= 0.3 is 0 Å². The van der Waals surface area contributed by atoms with Crippen molar-refractivity contribution in [1.82, 2.24) is 10.8 Å². The van der Waals surface area contributed by atoms with E-state index in [1.165, 1.54) is 5.48 Å². The number of hydrogen-bond donors (Lipinski definition) is 4. The van der Waals surface area contributed by atoms with E-state index in [2.05, 4.69) is 5.32 Å². The van der Waals surface area contributed by atoms with E-state index in [4.69, 9.17) is 5.21 Å². The van der Waals surface area contributed by atoms with Crippen LogP contribution in [0.1, 0.15) is 23.7 Å². The van der Waals surface area contributed by atoms with Crippen LogP contribution in [0.4, 0.5) is 8.78 Å². The van der Waals surface area contributed by atoms with E-state index in [0.717, 1.165) is 18.1 Å². The third kappa shape index (κ3) is 5.11. The molecule has 2 rings (SSSR count). The van der Waals surface area contributed by atoms with Crippen molar-refractivity contribution in [2.24, 2.45) is 5.92 Å². The molecule has 0 aromatic heterocycles. The van der Waals surface area contributed by atoms with Crippen LogP contribution in [0.2, 0.25) is 0 Å². The number of aliphatic hydroxyl groups is 1. The van der Waals surface area contributed by atoms with Crippen LogP contribution in [-0.2, 0) is 4.79 Å². The van der Waals surface area contributed by atoms with Crippen molar-refractivity contribution in [3.8, 4) is 11.1 Å². The van der Waals surface area contributed by atoms with Crippen molar-refractivity contribution in [2.75, 3.05) is 6.54 Å². The number of nitrogens with one attached hydrogen (secondary N) is 2. The van der Waals surface area contributed by atoms with Gasteiger partial charge in [0.2, 0.25) is 5.91 Å². The first-order valence-electron chi connectivity index (χ1n) is 8.65. The molecule has 6 nitrogen and oxygen atoms in total. The van der Waals surface area contributed by atoms with Crippen molar-refractivity contribution >= 4 is 11.8 Å². The van der Waals surface area contributed by atoms with Gasteiger partial charge in [-0.25, -0.2) is 14.3 Å². The third-order valence-corrected chi connectivity index (χ3v) is 4.55. The number of carbonyl (C=O) groups is 2. The molecule has 150 valence electrons. The molecule has 0 aliphatic rings. The van der Waals surface area contributed by atoms with Crippen LogP contribution < -0.4 is 10.8 Å². The number of halogens is 2. The average molecular weight is 392 g/mol. The summed E-state index contributed by atoms with van der Waals surface area (Å²) in [6.45, 7) is 0.669. The highest BCUT2D eigenvalue weighted by Crippen LogP contribution is 2.27. The Morgan fingerprint density at radius 2 is 1.61 bits per heavy atom. The van der Waals surface area contributed by atoms with Crippen LogP contribution in [0.3, 0.4) is 0 Å². The summed E-state index contributed by atoms with van der Waals surface area (Å²) >= 11 is 0. The maximum atomic E-state index is 13.0. The lowest BCUT2D eigenvalue weighted by atomic mass is 9.86. The van der Waals surface area contributed by atoms with Gasteiger partial charge in [-0.2, -0.15) is 0 Å². The first kappa shape index (κ1) is 21.5. The lowest BCUT2D eigenvalue weighted by molar-refractivity contribution is -0.159. The summed E-state index contributed by atoms with van der Waals surface area (Å²) in [7, 11) is 0. The summed E-state index contributed by atoms with van der Waals surface area (Å²) < 4.78 is 26.0. The predicted octanol–water partition coefficient (Wildman–Crippen LogP) is 2.61. The molecule has 2 unspecified atom stereocenters.